The van der Waals surface area contributed by atoms with Crippen molar-refractivity contribution in [3.8, 4) is 0 Å². The lowest BCUT2D eigenvalue weighted by Crippen LogP contribution is -1.87. The number of fused-ring (bicyclic) bond motifs is 5. The van der Waals surface area contributed by atoms with E-state index < -0.39 is 0 Å². The Hall–Kier alpha value is -6.90. The van der Waals surface area contributed by atoms with Crippen molar-refractivity contribution in [3.63, 3.8) is 0 Å². The Balaban J connectivity index is 0.000000126. The van der Waals surface area contributed by atoms with Gasteiger partial charge in [0.2, 0.25) is 0 Å². The van der Waals surface area contributed by atoms with Gasteiger partial charge in [-0.1, -0.05) is 69.2 Å². The van der Waals surface area contributed by atoms with E-state index >= 15 is 0 Å². The number of nitrogens with zero attached hydrogens (tertiary/aromatic N) is 10. The summed E-state index contributed by atoms with van der Waals surface area (Å²) in [7, 11) is 0. The maximum Gasteiger partial charge on any atom is 0.184 e. The number of pyridine rings is 2. The van der Waals surface area contributed by atoms with Crippen molar-refractivity contribution in [2.45, 2.75) is 98.8 Å². The smallest absolute Gasteiger partial charge is 0.184 e. The van der Waals surface area contributed by atoms with Crippen molar-refractivity contribution in [2.75, 3.05) is 0 Å². The molecule has 10 aromatic heterocycles. The lowest BCUT2D eigenvalue weighted by molar-refractivity contribution is 0.817. The van der Waals surface area contributed by atoms with E-state index in [-0.39, 0.29) is 0 Å². The lowest BCUT2D eigenvalue weighted by Gasteiger charge is -2.00. The summed E-state index contributed by atoms with van der Waals surface area (Å²) in [6.07, 6.45) is 19.7. The van der Waals surface area contributed by atoms with Crippen LogP contribution in [0.25, 0.3) is 55.3 Å². The number of hydrogen-bond acceptors (Lipinski definition) is 10. The molecule has 0 unspecified atom stereocenters. The van der Waals surface area contributed by atoms with Gasteiger partial charge >= 0.3 is 0 Å². The van der Waals surface area contributed by atoms with Crippen LogP contribution in [0.3, 0.4) is 0 Å². The van der Waals surface area contributed by atoms with E-state index in [1.165, 1.54) is 28.4 Å². The second-order valence-corrected chi connectivity index (χ2v) is 15.9. The molecule has 0 amide bonds. The fourth-order valence-electron chi connectivity index (χ4n) is 6.65. The minimum absolute atomic E-state index is 0.431. The standard InChI is InChI=1S/C10H12N2.3C9H11N3.C8H10N4/c1-7(2)9-6-12-10-8(9)4-3-5-11-10;1-6(2)7-4-11-9-8(7)3-10-5-12-9;1-6(2)7-5-12-9-8(7)10-3-4-11-9;1-6(2)8-7-4-3-5-10-9(7)12-11-8;1-5(2)7-6-3-9-4-10-8(6)12-11-7/h3-7H,1-2H3,(H,11,12);3-6H,1-2H3,(H,10,11,12);3-6H,1-2H3,(H,11,12);3-6H,1-2H3,(H,10,11,12);3-5H,1-2H3,(H,9,10,11,12). The zero-order chi connectivity index (χ0) is 42.8. The molecule has 0 aliphatic rings. The van der Waals surface area contributed by atoms with Crippen molar-refractivity contribution in [2.24, 2.45) is 0 Å². The minimum atomic E-state index is 0.431. The molecule has 0 aliphatic carbocycles. The number of aromatic nitrogens is 15. The van der Waals surface area contributed by atoms with E-state index in [0.717, 1.165) is 61.3 Å². The Bertz CT molecular complexity index is 2400. The van der Waals surface area contributed by atoms with Crippen molar-refractivity contribution in [3.05, 3.63) is 121 Å². The first-order chi connectivity index (χ1) is 28.9. The molecule has 0 atom stereocenters. The van der Waals surface area contributed by atoms with E-state index in [4.69, 9.17) is 0 Å². The van der Waals surface area contributed by atoms with Gasteiger partial charge in [-0.05, 0) is 65.0 Å². The van der Waals surface area contributed by atoms with Gasteiger partial charge in [-0.25, -0.2) is 34.9 Å². The Morgan fingerprint density at radius 2 is 0.900 bits per heavy atom. The summed E-state index contributed by atoms with van der Waals surface area (Å²) in [4.78, 5) is 42.3. The van der Waals surface area contributed by atoms with Gasteiger partial charge < -0.3 is 15.0 Å². The fourth-order valence-corrected chi connectivity index (χ4v) is 6.65. The molecule has 0 fully saturated rings. The highest BCUT2D eigenvalue weighted by molar-refractivity contribution is 5.81. The third kappa shape index (κ3) is 10.0. The van der Waals surface area contributed by atoms with Crippen LogP contribution in [-0.4, -0.2) is 75.2 Å². The monoisotopic (exact) mass is 805 g/mol. The normalized spacial score (nSPS) is 11.2. The molecule has 0 aliphatic heterocycles. The van der Waals surface area contributed by atoms with Crippen LogP contribution >= 0.6 is 0 Å². The van der Waals surface area contributed by atoms with Crippen LogP contribution < -0.4 is 0 Å². The molecule has 60 heavy (non-hydrogen) atoms. The highest BCUT2D eigenvalue weighted by atomic mass is 15.2. The average molecular weight is 806 g/mol. The molecule has 0 radical (unpaired) electrons. The summed E-state index contributed by atoms with van der Waals surface area (Å²) in [5, 5.41) is 18.7. The van der Waals surface area contributed by atoms with Crippen molar-refractivity contribution >= 4 is 55.3 Å². The second-order valence-electron chi connectivity index (χ2n) is 15.9. The molecule has 0 saturated carbocycles. The second kappa shape index (κ2) is 19.7. The molecule has 15 nitrogen and oxygen atoms in total. The van der Waals surface area contributed by atoms with Crippen LogP contribution in [-0.2, 0) is 0 Å². The maximum absolute atomic E-state index is 4.27. The number of H-pyrrole nitrogens is 5. The Morgan fingerprint density at radius 1 is 0.417 bits per heavy atom. The van der Waals surface area contributed by atoms with Crippen LogP contribution in [0.5, 0.6) is 0 Å². The summed E-state index contributed by atoms with van der Waals surface area (Å²) in [5.41, 5.74) is 11.5. The SMILES string of the molecule is CC(C)c1[nH]nc2ncccc12.CC(C)c1[nH]nc2ncncc12.CC(C)c1c[nH]c2ncccc12.CC(C)c1c[nH]c2nccnc12.CC(C)c1c[nH]c2ncncc12. The van der Waals surface area contributed by atoms with Crippen molar-refractivity contribution in [1.29, 1.82) is 0 Å². The summed E-state index contributed by atoms with van der Waals surface area (Å²) in [5.74, 6) is 2.48. The third-order valence-electron chi connectivity index (χ3n) is 9.85. The van der Waals surface area contributed by atoms with Crippen LogP contribution in [0.1, 0.15) is 127 Å². The summed E-state index contributed by atoms with van der Waals surface area (Å²) in [6.45, 7) is 21.5. The molecule has 10 heterocycles. The minimum Gasteiger partial charge on any atom is -0.346 e. The van der Waals surface area contributed by atoms with Gasteiger partial charge in [0.25, 0.3) is 0 Å². The molecule has 310 valence electrons. The predicted octanol–water partition coefficient (Wildman–Crippen LogP) is 10.4. The first kappa shape index (κ1) is 42.7. The molecule has 0 spiro atoms. The fraction of sp³-hybridized carbons (Fsp3) is 0.333. The van der Waals surface area contributed by atoms with Gasteiger partial charge in [-0.3, -0.25) is 15.2 Å². The number of rotatable bonds is 5. The van der Waals surface area contributed by atoms with E-state index in [1.807, 2.05) is 49.2 Å². The van der Waals surface area contributed by atoms with Crippen molar-refractivity contribution in [1.82, 2.24) is 75.2 Å². The van der Waals surface area contributed by atoms with E-state index in [0.29, 0.717) is 29.6 Å². The van der Waals surface area contributed by atoms with E-state index in [1.54, 1.807) is 31.1 Å². The van der Waals surface area contributed by atoms with Crippen LogP contribution in [0.4, 0.5) is 0 Å². The largest absolute Gasteiger partial charge is 0.346 e. The van der Waals surface area contributed by atoms with Gasteiger partial charge in [0.1, 0.15) is 29.5 Å². The zero-order valence-electron chi connectivity index (χ0n) is 36.0. The Labute approximate surface area is 349 Å². The average Bonchev–Trinajstić information content (AvgIpc) is 4.10. The quantitative estimate of drug-likeness (QED) is 0.111. The first-order valence-corrected chi connectivity index (χ1v) is 20.3. The Morgan fingerprint density at radius 3 is 1.55 bits per heavy atom. The number of hydrogen-bond donors (Lipinski definition) is 5. The molecule has 0 bridgehead atoms. The highest BCUT2D eigenvalue weighted by Crippen LogP contribution is 2.25. The zero-order valence-corrected chi connectivity index (χ0v) is 36.0. The molecule has 10 aromatic rings. The summed E-state index contributed by atoms with van der Waals surface area (Å²) in [6, 6.07) is 8.06. The molecule has 10 rings (SSSR count). The van der Waals surface area contributed by atoms with E-state index in [9.17, 15) is 0 Å². The van der Waals surface area contributed by atoms with Gasteiger partial charge in [-0.15, -0.1) is 0 Å². The van der Waals surface area contributed by atoms with Crippen LogP contribution in [0.2, 0.25) is 0 Å². The van der Waals surface area contributed by atoms with Gasteiger partial charge in [0.05, 0.1) is 5.39 Å². The predicted molar refractivity (Wildman–Crippen MR) is 240 cm³/mol. The summed E-state index contributed by atoms with van der Waals surface area (Å²) < 4.78 is 0. The summed E-state index contributed by atoms with van der Waals surface area (Å²) >= 11 is 0. The van der Waals surface area contributed by atoms with Crippen LogP contribution in [0, 0.1) is 0 Å². The molecular formula is C45H55N15. The van der Waals surface area contributed by atoms with Gasteiger partial charge in [0, 0.05) is 88.9 Å². The molecule has 5 N–H and O–H groups in total. The molecule has 15 heteroatoms. The third-order valence-corrected chi connectivity index (χ3v) is 9.85. The molecular weight excluding hydrogens is 751 g/mol. The van der Waals surface area contributed by atoms with Gasteiger partial charge in [0.15, 0.2) is 16.9 Å². The first-order valence-electron chi connectivity index (χ1n) is 20.3. The molecule has 0 aromatic carbocycles. The van der Waals surface area contributed by atoms with Gasteiger partial charge in [-0.2, -0.15) is 10.2 Å². The topological polar surface area (TPSA) is 208 Å². The Kier molecular flexibility index (Phi) is 14.0. The number of aromatic amines is 5. The maximum atomic E-state index is 4.27. The van der Waals surface area contributed by atoms with E-state index in [2.05, 4.69) is 151 Å². The molecule has 0 saturated heterocycles. The number of nitrogens with one attached hydrogen (secondary N) is 5. The van der Waals surface area contributed by atoms with Crippen molar-refractivity contribution < 1.29 is 0 Å². The highest BCUT2D eigenvalue weighted by Gasteiger charge is 2.11. The lowest BCUT2D eigenvalue weighted by atomic mass is 10.0. The van der Waals surface area contributed by atoms with Crippen LogP contribution in [0.15, 0.2) is 92.7 Å².